The zero-order valence-corrected chi connectivity index (χ0v) is 13.2. The van der Waals surface area contributed by atoms with E-state index < -0.39 is 0 Å². The molecule has 0 radical (unpaired) electrons. The summed E-state index contributed by atoms with van der Waals surface area (Å²) in [5.74, 6) is 0.340. The second-order valence-electron chi connectivity index (χ2n) is 5.56. The van der Waals surface area contributed by atoms with E-state index >= 15 is 0 Å². The number of Topliss-reactive ketones (excluding diaryl/α,β-unsaturated/α-hetero) is 1. The Morgan fingerprint density at radius 3 is 2.20 bits per heavy atom. The molecule has 1 aromatic rings. The minimum atomic E-state index is 0.340. The molecule has 0 saturated heterocycles. The van der Waals surface area contributed by atoms with Gasteiger partial charge < -0.3 is 0 Å². The van der Waals surface area contributed by atoms with Crippen molar-refractivity contribution in [3.63, 3.8) is 0 Å². The van der Waals surface area contributed by atoms with E-state index in [1.54, 1.807) is 0 Å². The summed E-state index contributed by atoms with van der Waals surface area (Å²) in [6, 6.07) is 8.40. The van der Waals surface area contributed by atoms with Crippen LogP contribution in [0.2, 0.25) is 0 Å². The lowest BCUT2D eigenvalue weighted by Gasteiger charge is -2.07. The summed E-state index contributed by atoms with van der Waals surface area (Å²) >= 11 is 0. The van der Waals surface area contributed by atoms with Gasteiger partial charge in [-0.05, 0) is 43.4 Å². The fourth-order valence-electron chi connectivity index (χ4n) is 2.22. The molecule has 0 atom stereocenters. The van der Waals surface area contributed by atoms with E-state index in [1.807, 2.05) is 0 Å². The van der Waals surface area contributed by atoms with Crippen LogP contribution >= 0.6 is 0 Å². The quantitative estimate of drug-likeness (QED) is 0.415. The van der Waals surface area contributed by atoms with Crippen LogP contribution in [0.5, 0.6) is 0 Å². The summed E-state index contributed by atoms with van der Waals surface area (Å²) in [5, 5.41) is 0. The standard InChI is InChI=1S/C19H28O/c1-4-6-8-10-19(20)18(9-7-5-2)15-17-13-11-16(3)12-14-17/h11-15H,4-10H2,1-3H3/b18-15-. The number of allylic oxidation sites excluding steroid dienone is 1. The zero-order chi connectivity index (χ0) is 14.8. The molecule has 1 rings (SSSR count). The molecule has 0 amide bonds. The van der Waals surface area contributed by atoms with Crippen LogP contribution in [-0.2, 0) is 4.79 Å². The second-order valence-corrected chi connectivity index (χ2v) is 5.56. The minimum Gasteiger partial charge on any atom is -0.295 e. The first-order valence-electron chi connectivity index (χ1n) is 7.97. The van der Waals surface area contributed by atoms with Crippen molar-refractivity contribution >= 4 is 11.9 Å². The van der Waals surface area contributed by atoms with Gasteiger partial charge in [-0.25, -0.2) is 0 Å². The van der Waals surface area contributed by atoms with Crippen molar-refractivity contribution in [3.05, 3.63) is 41.0 Å². The van der Waals surface area contributed by atoms with Crippen LogP contribution < -0.4 is 0 Å². The van der Waals surface area contributed by atoms with Gasteiger partial charge in [0.1, 0.15) is 0 Å². The van der Waals surface area contributed by atoms with Gasteiger partial charge in [0.2, 0.25) is 0 Å². The Kier molecular flexibility index (Phi) is 7.94. The minimum absolute atomic E-state index is 0.340. The third kappa shape index (κ3) is 6.18. The van der Waals surface area contributed by atoms with Crippen LogP contribution in [-0.4, -0.2) is 5.78 Å². The highest BCUT2D eigenvalue weighted by atomic mass is 16.1. The van der Waals surface area contributed by atoms with Gasteiger partial charge in [-0.2, -0.15) is 0 Å². The van der Waals surface area contributed by atoms with Crippen molar-refractivity contribution in [2.24, 2.45) is 0 Å². The Morgan fingerprint density at radius 2 is 1.60 bits per heavy atom. The third-order valence-electron chi connectivity index (χ3n) is 3.58. The maximum absolute atomic E-state index is 12.3. The van der Waals surface area contributed by atoms with Gasteiger partial charge in [0, 0.05) is 6.42 Å². The first-order valence-corrected chi connectivity index (χ1v) is 7.97. The molecule has 1 nitrogen and oxygen atoms in total. The van der Waals surface area contributed by atoms with Crippen LogP contribution in [0.4, 0.5) is 0 Å². The zero-order valence-electron chi connectivity index (χ0n) is 13.2. The largest absolute Gasteiger partial charge is 0.295 e. The predicted octanol–water partition coefficient (Wildman–Crippen LogP) is 5.72. The van der Waals surface area contributed by atoms with Gasteiger partial charge in [-0.15, -0.1) is 0 Å². The number of benzene rings is 1. The highest BCUT2D eigenvalue weighted by molar-refractivity contribution is 5.99. The molecule has 0 spiro atoms. The van der Waals surface area contributed by atoms with E-state index in [0.29, 0.717) is 12.2 Å². The van der Waals surface area contributed by atoms with Gasteiger partial charge in [-0.1, -0.05) is 62.9 Å². The SMILES string of the molecule is CCCCCC(=O)/C(=C\c1ccc(C)cc1)CCCC. The molecule has 20 heavy (non-hydrogen) atoms. The predicted molar refractivity (Wildman–Crippen MR) is 87.8 cm³/mol. The summed E-state index contributed by atoms with van der Waals surface area (Å²) in [6.45, 7) is 6.43. The van der Waals surface area contributed by atoms with Crippen LogP contribution in [0.25, 0.3) is 6.08 Å². The Balaban J connectivity index is 2.76. The highest BCUT2D eigenvalue weighted by Gasteiger charge is 2.09. The van der Waals surface area contributed by atoms with E-state index in [9.17, 15) is 4.79 Å². The average molecular weight is 272 g/mol. The van der Waals surface area contributed by atoms with Crippen LogP contribution in [0, 0.1) is 6.92 Å². The Hall–Kier alpha value is -1.37. The summed E-state index contributed by atoms with van der Waals surface area (Å²) in [5.41, 5.74) is 3.41. The monoisotopic (exact) mass is 272 g/mol. The molecule has 0 aromatic heterocycles. The molecule has 1 heteroatoms. The van der Waals surface area contributed by atoms with E-state index in [2.05, 4.69) is 51.1 Å². The van der Waals surface area contributed by atoms with Crippen LogP contribution in [0.1, 0.15) is 69.9 Å². The molecule has 0 fully saturated rings. The Labute approximate surface area is 124 Å². The summed E-state index contributed by atoms with van der Waals surface area (Å²) in [6.07, 6.45) is 9.27. The van der Waals surface area contributed by atoms with E-state index in [4.69, 9.17) is 0 Å². The number of carbonyl (C=O) groups is 1. The molecule has 0 N–H and O–H groups in total. The van der Waals surface area contributed by atoms with Crippen molar-refractivity contribution < 1.29 is 4.79 Å². The molecule has 0 bridgehead atoms. The summed E-state index contributed by atoms with van der Waals surface area (Å²) < 4.78 is 0. The molecule has 0 unspecified atom stereocenters. The van der Waals surface area contributed by atoms with E-state index in [1.165, 1.54) is 12.0 Å². The Morgan fingerprint density at radius 1 is 0.950 bits per heavy atom. The van der Waals surface area contributed by atoms with Crippen LogP contribution in [0.3, 0.4) is 0 Å². The fraction of sp³-hybridized carbons (Fsp3) is 0.526. The summed E-state index contributed by atoms with van der Waals surface area (Å²) in [7, 11) is 0. The number of carbonyl (C=O) groups excluding carboxylic acids is 1. The van der Waals surface area contributed by atoms with Gasteiger partial charge in [0.25, 0.3) is 0 Å². The average Bonchev–Trinajstić information content (AvgIpc) is 2.45. The molecule has 0 saturated carbocycles. The third-order valence-corrected chi connectivity index (χ3v) is 3.58. The van der Waals surface area contributed by atoms with Gasteiger partial charge in [-0.3, -0.25) is 4.79 Å². The fourth-order valence-corrected chi connectivity index (χ4v) is 2.22. The maximum Gasteiger partial charge on any atom is 0.158 e. The molecule has 0 aliphatic heterocycles. The second kappa shape index (κ2) is 9.52. The lowest BCUT2D eigenvalue weighted by molar-refractivity contribution is -0.115. The van der Waals surface area contributed by atoms with Crippen molar-refractivity contribution in [1.82, 2.24) is 0 Å². The molecule has 0 aliphatic rings. The molecule has 0 heterocycles. The molecule has 0 aliphatic carbocycles. The topological polar surface area (TPSA) is 17.1 Å². The maximum atomic E-state index is 12.3. The normalized spacial score (nSPS) is 11.7. The van der Waals surface area contributed by atoms with Crippen molar-refractivity contribution in [1.29, 1.82) is 0 Å². The van der Waals surface area contributed by atoms with E-state index in [0.717, 1.165) is 43.2 Å². The van der Waals surface area contributed by atoms with Crippen molar-refractivity contribution in [3.8, 4) is 0 Å². The number of unbranched alkanes of at least 4 members (excludes halogenated alkanes) is 3. The lowest BCUT2D eigenvalue weighted by atomic mass is 9.97. The number of aryl methyl sites for hydroxylation is 1. The number of rotatable bonds is 9. The molecular weight excluding hydrogens is 244 g/mol. The van der Waals surface area contributed by atoms with Crippen molar-refractivity contribution in [2.75, 3.05) is 0 Å². The van der Waals surface area contributed by atoms with Crippen LogP contribution in [0.15, 0.2) is 29.8 Å². The van der Waals surface area contributed by atoms with Crippen molar-refractivity contribution in [2.45, 2.75) is 65.7 Å². The summed E-state index contributed by atoms with van der Waals surface area (Å²) in [4.78, 5) is 12.3. The first-order chi connectivity index (χ1) is 9.67. The lowest BCUT2D eigenvalue weighted by Crippen LogP contribution is -2.03. The smallest absolute Gasteiger partial charge is 0.158 e. The molecule has 110 valence electrons. The molecular formula is C19H28O. The van der Waals surface area contributed by atoms with Gasteiger partial charge in [0.15, 0.2) is 5.78 Å². The highest BCUT2D eigenvalue weighted by Crippen LogP contribution is 2.17. The number of ketones is 1. The first kappa shape index (κ1) is 16.7. The van der Waals surface area contributed by atoms with E-state index in [-0.39, 0.29) is 0 Å². The Bertz CT molecular complexity index is 426. The van der Waals surface area contributed by atoms with Gasteiger partial charge >= 0.3 is 0 Å². The number of hydrogen-bond donors (Lipinski definition) is 0. The van der Waals surface area contributed by atoms with Gasteiger partial charge in [0.05, 0.1) is 0 Å². The molecule has 1 aromatic carbocycles. The number of hydrogen-bond acceptors (Lipinski definition) is 1.